The Hall–Kier alpha value is -1.95. The normalized spacial score (nSPS) is 16.2. The van der Waals surface area contributed by atoms with Crippen LogP contribution in [0.1, 0.15) is 24.3 Å². The molecule has 4 rings (SSSR count). The molecule has 6 heteroatoms. The molecule has 0 N–H and O–H groups in total. The van der Waals surface area contributed by atoms with Crippen molar-refractivity contribution in [3.63, 3.8) is 0 Å². The van der Waals surface area contributed by atoms with E-state index in [2.05, 4.69) is 48.2 Å². The van der Waals surface area contributed by atoms with Gasteiger partial charge in [-0.3, -0.25) is 4.68 Å². The standard InChI is InChI=1S/C17H18BrN5/c1-22-10-13(9-21-22)12-4-6-23(7-5-12)17-15-8-14(18)2-3-16(15)19-11-20-17/h2-3,8-12H,4-7H2,1H3. The van der Waals surface area contributed by atoms with Gasteiger partial charge in [-0.15, -0.1) is 0 Å². The summed E-state index contributed by atoms with van der Waals surface area (Å²) in [5, 5.41) is 5.41. The van der Waals surface area contributed by atoms with Crippen LogP contribution in [0.5, 0.6) is 0 Å². The zero-order valence-electron chi connectivity index (χ0n) is 13.0. The monoisotopic (exact) mass is 371 g/mol. The number of hydrogen-bond donors (Lipinski definition) is 0. The molecule has 0 radical (unpaired) electrons. The molecule has 5 nitrogen and oxygen atoms in total. The molecule has 118 valence electrons. The average Bonchev–Trinajstić information content (AvgIpc) is 3.01. The number of piperidine rings is 1. The molecule has 0 unspecified atom stereocenters. The summed E-state index contributed by atoms with van der Waals surface area (Å²) < 4.78 is 2.95. The third-order valence-corrected chi connectivity index (χ3v) is 5.06. The molecule has 1 saturated heterocycles. The number of nitrogens with zero attached hydrogens (tertiary/aromatic N) is 5. The summed E-state index contributed by atoms with van der Waals surface area (Å²) >= 11 is 3.55. The van der Waals surface area contributed by atoms with Gasteiger partial charge in [-0.2, -0.15) is 5.10 Å². The van der Waals surface area contributed by atoms with E-state index in [0.29, 0.717) is 5.92 Å². The lowest BCUT2D eigenvalue weighted by atomic mass is 9.91. The van der Waals surface area contributed by atoms with E-state index < -0.39 is 0 Å². The van der Waals surface area contributed by atoms with Gasteiger partial charge in [0.1, 0.15) is 12.1 Å². The highest BCUT2D eigenvalue weighted by Gasteiger charge is 2.23. The first-order valence-electron chi connectivity index (χ1n) is 7.84. The van der Waals surface area contributed by atoms with Crippen molar-refractivity contribution in [2.45, 2.75) is 18.8 Å². The number of aromatic nitrogens is 4. The number of hydrogen-bond acceptors (Lipinski definition) is 4. The first kappa shape index (κ1) is 14.6. The molecule has 0 atom stereocenters. The van der Waals surface area contributed by atoms with Gasteiger partial charge in [-0.1, -0.05) is 15.9 Å². The summed E-state index contributed by atoms with van der Waals surface area (Å²) in [5.74, 6) is 1.64. The molecular weight excluding hydrogens is 354 g/mol. The number of anilines is 1. The molecule has 23 heavy (non-hydrogen) atoms. The van der Waals surface area contributed by atoms with E-state index in [9.17, 15) is 0 Å². The largest absolute Gasteiger partial charge is 0.356 e. The van der Waals surface area contributed by atoms with Gasteiger partial charge in [-0.25, -0.2) is 9.97 Å². The lowest BCUT2D eigenvalue weighted by molar-refractivity contribution is 0.503. The molecule has 0 amide bonds. The topological polar surface area (TPSA) is 46.8 Å². The fraction of sp³-hybridized carbons (Fsp3) is 0.353. The van der Waals surface area contributed by atoms with Crippen LogP contribution < -0.4 is 4.90 Å². The zero-order valence-corrected chi connectivity index (χ0v) is 14.6. The molecule has 1 aliphatic rings. The Kier molecular flexibility index (Phi) is 3.77. The van der Waals surface area contributed by atoms with Crippen LogP contribution >= 0.6 is 15.9 Å². The van der Waals surface area contributed by atoms with Gasteiger partial charge in [0.15, 0.2) is 0 Å². The van der Waals surface area contributed by atoms with Crippen molar-refractivity contribution in [2.24, 2.45) is 7.05 Å². The first-order valence-corrected chi connectivity index (χ1v) is 8.64. The highest BCUT2D eigenvalue weighted by molar-refractivity contribution is 9.10. The highest BCUT2D eigenvalue weighted by Crippen LogP contribution is 2.32. The summed E-state index contributed by atoms with van der Waals surface area (Å²) in [7, 11) is 1.98. The Morgan fingerprint density at radius 2 is 2.00 bits per heavy atom. The minimum atomic E-state index is 0.597. The predicted octanol–water partition coefficient (Wildman–Crippen LogP) is 3.51. The zero-order chi connectivity index (χ0) is 15.8. The Balaban J connectivity index is 1.58. The van der Waals surface area contributed by atoms with Crippen molar-refractivity contribution in [3.05, 3.63) is 47.0 Å². The Bertz CT molecular complexity index is 836. The third-order valence-electron chi connectivity index (χ3n) is 4.57. The Morgan fingerprint density at radius 1 is 1.17 bits per heavy atom. The summed E-state index contributed by atoms with van der Waals surface area (Å²) in [4.78, 5) is 11.3. The Labute approximate surface area is 143 Å². The number of rotatable bonds is 2. The van der Waals surface area contributed by atoms with E-state index >= 15 is 0 Å². The maximum Gasteiger partial charge on any atom is 0.139 e. The molecule has 1 fully saturated rings. The van der Waals surface area contributed by atoms with E-state index in [4.69, 9.17) is 0 Å². The third kappa shape index (κ3) is 2.83. The molecule has 1 aromatic carbocycles. The van der Waals surface area contributed by atoms with E-state index in [-0.39, 0.29) is 0 Å². The summed E-state index contributed by atoms with van der Waals surface area (Å²) in [6, 6.07) is 6.17. The molecule has 0 saturated carbocycles. The molecule has 3 heterocycles. The molecule has 2 aromatic heterocycles. The molecule has 3 aromatic rings. The van der Waals surface area contributed by atoms with Gasteiger partial charge in [0, 0.05) is 36.2 Å². The maximum atomic E-state index is 4.55. The molecule has 1 aliphatic heterocycles. The van der Waals surface area contributed by atoms with Gasteiger partial charge < -0.3 is 4.90 Å². The number of halogens is 1. The van der Waals surface area contributed by atoms with Crippen molar-refractivity contribution < 1.29 is 0 Å². The van der Waals surface area contributed by atoms with Crippen LogP contribution in [0.4, 0.5) is 5.82 Å². The van der Waals surface area contributed by atoms with E-state index in [1.807, 2.05) is 30.1 Å². The van der Waals surface area contributed by atoms with Gasteiger partial charge in [0.05, 0.1) is 11.7 Å². The molecule has 0 aliphatic carbocycles. The number of fused-ring (bicyclic) bond motifs is 1. The van der Waals surface area contributed by atoms with E-state index in [1.54, 1.807) is 6.33 Å². The lowest BCUT2D eigenvalue weighted by Gasteiger charge is -2.33. The second-order valence-electron chi connectivity index (χ2n) is 6.07. The van der Waals surface area contributed by atoms with Crippen LogP contribution in [0.2, 0.25) is 0 Å². The Morgan fingerprint density at radius 3 is 2.74 bits per heavy atom. The summed E-state index contributed by atoms with van der Waals surface area (Å²) in [5.41, 5.74) is 2.34. The molecular formula is C17H18BrN5. The first-order chi connectivity index (χ1) is 11.2. The second kappa shape index (κ2) is 5.92. The number of benzene rings is 1. The molecule has 0 spiro atoms. The van der Waals surface area contributed by atoms with Gasteiger partial charge in [0.25, 0.3) is 0 Å². The van der Waals surface area contributed by atoms with Crippen molar-refractivity contribution in [1.82, 2.24) is 19.7 Å². The molecule has 0 bridgehead atoms. The summed E-state index contributed by atoms with van der Waals surface area (Å²) in [6.45, 7) is 2.02. The number of aryl methyl sites for hydroxylation is 1. The minimum absolute atomic E-state index is 0.597. The maximum absolute atomic E-state index is 4.55. The van der Waals surface area contributed by atoms with Crippen molar-refractivity contribution in [3.8, 4) is 0 Å². The van der Waals surface area contributed by atoms with Crippen molar-refractivity contribution in [2.75, 3.05) is 18.0 Å². The average molecular weight is 372 g/mol. The van der Waals surface area contributed by atoms with Gasteiger partial charge in [0.2, 0.25) is 0 Å². The van der Waals surface area contributed by atoms with E-state index in [0.717, 1.165) is 47.1 Å². The van der Waals surface area contributed by atoms with Crippen LogP contribution in [0, 0.1) is 0 Å². The van der Waals surface area contributed by atoms with Crippen molar-refractivity contribution in [1.29, 1.82) is 0 Å². The van der Waals surface area contributed by atoms with E-state index in [1.165, 1.54) is 5.56 Å². The lowest BCUT2D eigenvalue weighted by Crippen LogP contribution is -2.33. The van der Waals surface area contributed by atoms with Crippen LogP contribution in [0.15, 0.2) is 41.4 Å². The SMILES string of the molecule is Cn1cc(C2CCN(c3ncnc4ccc(Br)cc34)CC2)cn1. The fourth-order valence-corrected chi connectivity index (χ4v) is 3.70. The van der Waals surface area contributed by atoms with Crippen molar-refractivity contribution >= 4 is 32.7 Å². The smallest absolute Gasteiger partial charge is 0.139 e. The quantitative estimate of drug-likeness (QED) is 0.691. The van der Waals surface area contributed by atoms with Crippen LogP contribution in [-0.2, 0) is 7.05 Å². The van der Waals surface area contributed by atoms with Crippen LogP contribution in [0.3, 0.4) is 0 Å². The minimum Gasteiger partial charge on any atom is -0.356 e. The second-order valence-corrected chi connectivity index (χ2v) is 6.98. The van der Waals surface area contributed by atoms with Gasteiger partial charge >= 0.3 is 0 Å². The highest BCUT2D eigenvalue weighted by atomic mass is 79.9. The van der Waals surface area contributed by atoms with Gasteiger partial charge in [-0.05, 0) is 42.5 Å². The van der Waals surface area contributed by atoms with Crippen LogP contribution in [-0.4, -0.2) is 32.8 Å². The fourth-order valence-electron chi connectivity index (χ4n) is 3.34. The van der Waals surface area contributed by atoms with Crippen LogP contribution in [0.25, 0.3) is 10.9 Å². The summed E-state index contributed by atoms with van der Waals surface area (Å²) in [6.07, 6.45) is 8.06. The predicted molar refractivity (Wildman–Crippen MR) is 94.6 cm³/mol.